The predicted molar refractivity (Wildman–Crippen MR) is 222 cm³/mol. The van der Waals surface area contributed by atoms with Gasteiger partial charge in [-0.05, 0) is 65.1 Å². The summed E-state index contributed by atoms with van der Waals surface area (Å²) in [7, 11) is 0. The zero-order valence-electron chi connectivity index (χ0n) is 29.2. The van der Waals surface area contributed by atoms with Gasteiger partial charge in [-0.2, -0.15) is 12.1 Å². The molecule has 0 saturated carbocycles. The summed E-state index contributed by atoms with van der Waals surface area (Å²) in [6, 6.07) is 49.0. The topological polar surface area (TPSA) is 0 Å². The molecule has 0 heterocycles. The molecule has 0 N–H and O–H groups in total. The number of aryl methyl sites for hydroxylation is 4. The van der Waals surface area contributed by atoms with Gasteiger partial charge in [-0.1, -0.05) is 121 Å². The van der Waals surface area contributed by atoms with Crippen LogP contribution in [0.2, 0.25) is 0 Å². The van der Waals surface area contributed by atoms with E-state index < -0.39 is 0 Å². The van der Waals surface area contributed by atoms with Crippen molar-refractivity contribution in [2.24, 2.45) is 0 Å². The number of hydrogen-bond donors (Lipinski definition) is 0. The molecule has 8 aromatic rings. The molecule has 0 amide bonds. The standard InChI is InChI=1S/C22H19.C21H17.2CH3.2ClH.Si.Zr/c1-3-16-12-20-10-15(2)11-21(22(20)13-16)19-9-8-17-6-4-5-7-18(17)14-19;1-14-9-19-10-15(2)12-21(19)20(11-14)18-8-7-16-5-3-4-6-17(16)13-18;;;;;;/h4-14H,3H2,1-2H3;3-13H,1-2H3;2*1H3;2*1H;;/q4*-1;;;;. The van der Waals surface area contributed by atoms with E-state index in [1.165, 1.54) is 111 Å². The van der Waals surface area contributed by atoms with Crippen LogP contribution in [0.3, 0.4) is 0 Å². The van der Waals surface area contributed by atoms with E-state index in [1.54, 1.807) is 0 Å². The molecule has 0 fully saturated rings. The fraction of sp³-hybridized carbons (Fsp3) is 0.111. The van der Waals surface area contributed by atoms with Crippen molar-refractivity contribution in [1.29, 1.82) is 0 Å². The van der Waals surface area contributed by atoms with Crippen molar-refractivity contribution >= 4 is 74.8 Å². The van der Waals surface area contributed by atoms with Gasteiger partial charge in [-0.3, -0.25) is 0 Å². The quantitative estimate of drug-likeness (QED) is 0.124. The first kappa shape index (κ1) is 41.9. The van der Waals surface area contributed by atoms with Crippen LogP contribution in [0.5, 0.6) is 0 Å². The second-order valence-corrected chi connectivity index (χ2v) is 12.0. The normalized spacial score (nSPS) is 10.0. The maximum absolute atomic E-state index is 3.06. The Morgan fingerprint density at radius 1 is 0.510 bits per heavy atom. The Morgan fingerprint density at radius 2 is 0.939 bits per heavy atom. The second kappa shape index (κ2) is 18.7. The van der Waals surface area contributed by atoms with Gasteiger partial charge in [0.1, 0.15) is 0 Å². The first-order chi connectivity index (χ1) is 21.9. The third-order valence-electron chi connectivity index (χ3n) is 8.67. The summed E-state index contributed by atoms with van der Waals surface area (Å²) in [5, 5.41) is 10.6. The summed E-state index contributed by atoms with van der Waals surface area (Å²) in [6.45, 7) is 11.8. The summed E-state index contributed by atoms with van der Waals surface area (Å²) in [5.74, 6) is 0. The number of hydrogen-bond acceptors (Lipinski definition) is 0. The Labute approximate surface area is 322 Å². The molecule has 4 heteroatoms. The minimum atomic E-state index is 0. The number of fused-ring (bicyclic) bond motifs is 4. The molecule has 0 aliphatic heterocycles. The fourth-order valence-electron chi connectivity index (χ4n) is 6.55. The van der Waals surface area contributed by atoms with Crippen LogP contribution in [-0.2, 0) is 29.8 Å². The van der Waals surface area contributed by atoms with E-state index in [-0.39, 0.29) is 39.7 Å². The minimum absolute atomic E-state index is 0. The van der Waals surface area contributed by atoms with E-state index in [9.17, 15) is 0 Å². The zero-order valence-corrected chi connectivity index (χ0v) is 34.3. The first-order valence-corrected chi connectivity index (χ1v) is 19.7. The third-order valence-corrected chi connectivity index (χ3v) is 8.67. The van der Waals surface area contributed by atoms with Gasteiger partial charge in [-0.15, -0.1) is 81.8 Å². The molecule has 8 aromatic carbocycles. The molecule has 0 spiro atoms. The van der Waals surface area contributed by atoms with Crippen molar-refractivity contribution in [3.63, 3.8) is 0 Å². The van der Waals surface area contributed by atoms with Gasteiger partial charge >= 0.3 is 30.2 Å². The molecule has 0 unspecified atom stereocenters. The van der Waals surface area contributed by atoms with Gasteiger partial charge in [0, 0.05) is 0 Å². The Morgan fingerprint density at radius 3 is 1.41 bits per heavy atom. The van der Waals surface area contributed by atoms with Crippen LogP contribution in [0.4, 0.5) is 0 Å². The molecule has 0 atom stereocenters. The molecule has 0 aliphatic carbocycles. The van der Waals surface area contributed by atoms with E-state index in [2.05, 4.69) is 168 Å². The van der Waals surface area contributed by atoms with Crippen molar-refractivity contribution in [2.45, 2.75) is 34.1 Å². The molecule has 0 aromatic heterocycles. The van der Waals surface area contributed by atoms with E-state index in [0.29, 0.717) is 0 Å². The van der Waals surface area contributed by atoms with Crippen LogP contribution in [0, 0.1) is 35.6 Å². The molecule has 250 valence electrons. The van der Waals surface area contributed by atoms with Crippen molar-refractivity contribution in [2.75, 3.05) is 0 Å². The molecule has 0 saturated heterocycles. The monoisotopic (exact) mass is 772 g/mol. The van der Waals surface area contributed by atoms with Crippen LogP contribution in [0.25, 0.3) is 65.3 Å². The summed E-state index contributed by atoms with van der Waals surface area (Å²) >= 11 is 1.36. The van der Waals surface area contributed by atoms with E-state index in [4.69, 9.17) is 0 Å². The van der Waals surface area contributed by atoms with Crippen LogP contribution in [0.1, 0.15) is 29.2 Å². The summed E-state index contributed by atoms with van der Waals surface area (Å²) in [5.41, 5.74) is 10.7. The third kappa shape index (κ3) is 9.11. The number of halogens is 2. The van der Waals surface area contributed by atoms with Crippen LogP contribution in [0.15, 0.2) is 133 Å². The average molecular weight is 775 g/mol. The van der Waals surface area contributed by atoms with Crippen LogP contribution < -0.4 is 0 Å². The number of benzene rings is 6. The van der Waals surface area contributed by atoms with Crippen molar-refractivity contribution in [1.82, 2.24) is 0 Å². The van der Waals surface area contributed by atoms with Gasteiger partial charge < -0.3 is 14.9 Å². The van der Waals surface area contributed by atoms with Gasteiger partial charge in [-0.25, -0.2) is 0 Å². The van der Waals surface area contributed by atoms with Gasteiger partial charge in [0.25, 0.3) is 0 Å². The van der Waals surface area contributed by atoms with E-state index >= 15 is 0 Å². The van der Waals surface area contributed by atoms with Gasteiger partial charge in [0.2, 0.25) is 0 Å². The predicted octanol–water partition coefficient (Wildman–Crippen LogP) is 13.6. The van der Waals surface area contributed by atoms with Crippen LogP contribution in [-0.4, -0.2) is 6.88 Å². The van der Waals surface area contributed by atoms with Crippen LogP contribution >= 0.6 is 24.8 Å². The van der Waals surface area contributed by atoms with Crippen molar-refractivity contribution in [3.8, 4) is 22.3 Å². The summed E-state index contributed by atoms with van der Waals surface area (Å²) < 4.78 is 0. The Hall–Kier alpha value is -3.26. The Kier molecular flexibility index (Phi) is 16.0. The zero-order chi connectivity index (χ0) is 31.5. The fourth-order valence-corrected chi connectivity index (χ4v) is 6.55. The molecular weight excluding hydrogens is 731 g/mol. The van der Waals surface area contributed by atoms with Gasteiger partial charge in [0.05, 0.1) is 0 Å². The average Bonchev–Trinajstić information content (AvgIpc) is 3.67. The molecular formula is C45H44Cl2SiZr-4. The first-order valence-electron chi connectivity index (χ1n) is 15.6. The molecule has 0 bridgehead atoms. The van der Waals surface area contributed by atoms with Crippen molar-refractivity contribution < 1.29 is 23.3 Å². The maximum atomic E-state index is 3.06. The molecule has 8 rings (SSSR count). The molecule has 0 nitrogen and oxygen atoms in total. The molecule has 2 radical (unpaired) electrons. The van der Waals surface area contributed by atoms with Gasteiger partial charge in [0.15, 0.2) is 0 Å². The Bertz CT molecular complexity index is 2290. The number of rotatable bonds is 3. The molecule has 49 heavy (non-hydrogen) atoms. The Balaban J connectivity index is 0.000000301. The molecule has 0 aliphatic rings. The second-order valence-electron chi connectivity index (χ2n) is 12.0. The summed E-state index contributed by atoms with van der Waals surface area (Å²) in [6.07, 6.45) is 1.09. The van der Waals surface area contributed by atoms with Crippen molar-refractivity contribution in [3.05, 3.63) is 171 Å². The van der Waals surface area contributed by atoms with E-state index in [1.807, 2.05) is 0 Å². The van der Waals surface area contributed by atoms with E-state index in [0.717, 1.165) is 6.42 Å². The SMILES string of the molecule is CCc1cc2c(-c3ccc4ccccc4c3)cc(C)cc2[cH-]1.Cc1cc(-c2ccc3ccccc3c2)c2cc(C)[cH-]c2c1.Cl.Cl.[CH3-].[CH3-].[Si]=[Zr]. The summed E-state index contributed by atoms with van der Waals surface area (Å²) in [4.78, 5) is 0.